The van der Waals surface area contributed by atoms with Crippen molar-refractivity contribution in [2.75, 3.05) is 13.1 Å². The molecule has 0 spiro atoms. The third-order valence-electron chi connectivity index (χ3n) is 4.37. The van der Waals surface area contributed by atoms with Crippen molar-refractivity contribution < 1.29 is 0 Å². The first-order valence-electron chi connectivity index (χ1n) is 7.07. The number of hydrogen-bond acceptors (Lipinski definition) is 2. The van der Waals surface area contributed by atoms with Crippen molar-refractivity contribution in [2.24, 2.45) is 5.73 Å². The normalized spacial score (nSPS) is 21.1. The molecule has 2 heteroatoms. The minimum Gasteiger partial charge on any atom is -0.324 e. The van der Waals surface area contributed by atoms with E-state index in [2.05, 4.69) is 49.9 Å². The Bertz CT molecular complexity index is 398. The molecular weight excluding hydrogens is 220 g/mol. The van der Waals surface area contributed by atoms with Crippen LogP contribution in [0.5, 0.6) is 0 Å². The van der Waals surface area contributed by atoms with E-state index in [1.165, 1.54) is 30.5 Å². The minimum atomic E-state index is 0.169. The highest BCUT2D eigenvalue weighted by atomic mass is 15.2. The molecule has 1 heterocycles. The largest absolute Gasteiger partial charge is 0.324 e. The van der Waals surface area contributed by atoms with Gasteiger partial charge in [-0.25, -0.2) is 0 Å². The van der Waals surface area contributed by atoms with Gasteiger partial charge in [0.05, 0.1) is 0 Å². The molecule has 1 aromatic rings. The molecule has 0 aliphatic carbocycles. The molecule has 1 fully saturated rings. The lowest BCUT2D eigenvalue weighted by Gasteiger charge is -2.32. The number of hydrogen-bond donors (Lipinski definition) is 1. The molecule has 1 aliphatic rings. The van der Waals surface area contributed by atoms with Crippen molar-refractivity contribution in [1.82, 2.24) is 4.90 Å². The first-order valence-corrected chi connectivity index (χ1v) is 7.07. The lowest BCUT2D eigenvalue weighted by molar-refractivity contribution is 0.169. The van der Waals surface area contributed by atoms with E-state index in [9.17, 15) is 0 Å². The lowest BCUT2D eigenvalue weighted by atomic mass is 9.98. The highest BCUT2D eigenvalue weighted by molar-refractivity contribution is 5.28. The average molecular weight is 246 g/mol. The SMILES string of the molecule is Cc1ccccc1C(N)CCN1CCCC1(C)C. The average Bonchev–Trinajstić information content (AvgIpc) is 2.66. The molecule has 0 saturated carbocycles. The smallest absolute Gasteiger partial charge is 0.0309 e. The maximum absolute atomic E-state index is 6.34. The van der Waals surface area contributed by atoms with E-state index >= 15 is 0 Å². The van der Waals surface area contributed by atoms with Gasteiger partial charge in [0.25, 0.3) is 0 Å². The van der Waals surface area contributed by atoms with Crippen LogP contribution in [-0.2, 0) is 0 Å². The molecular formula is C16H26N2. The Morgan fingerprint density at radius 2 is 2.06 bits per heavy atom. The molecule has 0 aromatic heterocycles. The fourth-order valence-corrected chi connectivity index (χ4v) is 3.03. The van der Waals surface area contributed by atoms with Gasteiger partial charge in [-0.15, -0.1) is 0 Å². The fourth-order valence-electron chi connectivity index (χ4n) is 3.03. The van der Waals surface area contributed by atoms with Crippen molar-refractivity contribution in [1.29, 1.82) is 0 Å². The van der Waals surface area contributed by atoms with Gasteiger partial charge in [-0.05, 0) is 57.7 Å². The van der Waals surface area contributed by atoms with E-state index in [0.717, 1.165) is 13.0 Å². The molecule has 2 N–H and O–H groups in total. The Labute approximate surface area is 111 Å². The van der Waals surface area contributed by atoms with E-state index in [-0.39, 0.29) is 6.04 Å². The van der Waals surface area contributed by atoms with E-state index in [1.54, 1.807) is 0 Å². The van der Waals surface area contributed by atoms with E-state index in [4.69, 9.17) is 5.73 Å². The third-order valence-corrected chi connectivity index (χ3v) is 4.37. The monoisotopic (exact) mass is 246 g/mol. The third kappa shape index (κ3) is 2.93. The van der Waals surface area contributed by atoms with Crippen molar-refractivity contribution in [3.63, 3.8) is 0 Å². The second-order valence-electron chi connectivity index (χ2n) is 6.15. The Morgan fingerprint density at radius 1 is 1.33 bits per heavy atom. The molecule has 0 bridgehead atoms. The summed E-state index contributed by atoms with van der Waals surface area (Å²) in [7, 11) is 0. The van der Waals surface area contributed by atoms with Crippen LogP contribution in [-0.4, -0.2) is 23.5 Å². The molecule has 1 atom stereocenters. The van der Waals surface area contributed by atoms with Crippen LogP contribution in [0.25, 0.3) is 0 Å². The van der Waals surface area contributed by atoms with Crippen molar-refractivity contribution in [2.45, 2.75) is 51.6 Å². The Morgan fingerprint density at radius 3 is 2.67 bits per heavy atom. The molecule has 2 nitrogen and oxygen atoms in total. The van der Waals surface area contributed by atoms with E-state index in [1.807, 2.05) is 0 Å². The molecule has 2 rings (SSSR count). The van der Waals surface area contributed by atoms with Crippen LogP contribution < -0.4 is 5.73 Å². The van der Waals surface area contributed by atoms with Crippen LogP contribution in [0.1, 0.15) is 50.3 Å². The standard InChI is InChI=1S/C16H26N2/c1-13-7-4-5-8-14(13)15(17)9-12-18-11-6-10-16(18,2)3/h4-5,7-8,15H,6,9-12,17H2,1-3H3. The Kier molecular flexibility index (Phi) is 4.08. The zero-order valence-corrected chi connectivity index (χ0v) is 11.9. The van der Waals surface area contributed by atoms with Gasteiger partial charge in [-0.1, -0.05) is 24.3 Å². The highest BCUT2D eigenvalue weighted by Gasteiger charge is 2.31. The summed E-state index contributed by atoms with van der Waals surface area (Å²) in [6.07, 6.45) is 3.69. The van der Waals surface area contributed by atoms with Crippen molar-refractivity contribution in [3.05, 3.63) is 35.4 Å². The molecule has 1 saturated heterocycles. The van der Waals surface area contributed by atoms with Crippen LogP contribution >= 0.6 is 0 Å². The predicted octanol–water partition coefficient (Wildman–Crippen LogP) is 3.26. The molecule has 0 radical (unpaired) electrons. The van der Waals surface area contributed by atoms with Crippen LogP contribution in [0.4, 0.5) is 0 Å². The van der Waals surface area contributed by atoms with Crippen molar-refractivity contribution >= 4 is 0 Å². The Balaban J connectivity index is 1.93. The summed E-state index contributed by atoms with van der Waals surface area (Å²) in [6.45, 7) is 9.18. The number of nitrogens with zero attached hydrogens (tertiary/aromatic N) is 1. The molecule has 1 aromatic carbocycles. The summed E-state index contributed by atoms with van der Waals surface area (Å²) in [5.74, 6) is 0. The van der Waals surface area contributed by atoms with Gasteiger partial charge < -0.3 is 5.73 Å². The summed E-state index contributed by atoms with van der Waals surface area (Å²) in [4.78, 5) is 2.59. The van der Waals surface area contributed by atoms with Gasteiger partial charge >= 0.3 is 0 Å². The Hall–Kier alpha value is -0.860. The second-order valence-corrected chi connectivity index (χ2v) is 6.15. The van der Waals surface area contributed by atoms with Crippen LogP contribution in [0.15, 0.2) is 24.3 Å². The maximum atomic E-state index is 6.34. The van der Waals surface area contributed by atoms with Gasteiger partial charge in [0.2, 0.25) is 0 Å². The van der Waals surface area contributed by atoms with Crippen LogP contribution in [0.2, 0.25) is 0 Å². The molecule has 0 amide bonds. The number of benzene rings is 1. The first-order chi connectivity index (χ1) is 8.50. The first kappa shape index (κ1) is 13.6. The summed E-state index contributed by atoms with van der Waals surface area (Å²) in [5.41, 5.74) is 9.31. The maximum Gasteiger partial charge on any atom is 0.0309 e. The van der Waals surface area contributed by atoms with Crippen molar-refractivity contribution in [3.8, 4) is 0 Å². The zero-order valence-electron chi connectivity index (χ0n) is 11.9. The van der Waals surface area contributed by atoms with Gasteiger partial charge in [-0.2, -0.15) is 0 Å². The van der Waals surface area contributed by atoms with Gasteiger partial charge in [0, 0.05) is 18.1 Å². The summed E-state index contributed by atoms with van der Waals surface area (Å²) >= 11 is 0. The van der Waals surface area contributed by atoms with E-state index < -0.39 is 0 Å². The van der Waals surface area contributed by atoms with E-state index in [0.29, 0.717) is 5.54 Å². The van der Waals surface area contributed by atoms with Gasteiger partial charge in [0.1, 0.15) is 0 Å². The molecule has 1 unspecified atom stereocenters. The quantitative estimate of drug-likeness (QED) is 0.883. The fraction of sp³-hybridized carbons (Fsp3) is 0.625. The predicted molar refractivity (Wildman–Crippen MR) is 77.6 cm³/mol. The number of aryl methyl sites for hydroxylation is 1. The topological polar surface area (TPSA) is 29.3 Å². The zero-order chi connectivity index (χ0) is 13.2. The number of rotatable bonds is 4. The second kappa shape index (κ2) is 5.41. The summed E-state index contributed by atoms with van der Waals surface area (Å²) in [5, 5.41) is 0. The van der Waals surface area contributed by atoms with Gasteiger partial charge in [0.15, 0.2) is 0 Å². The number of nitrogens with two attached hydrogens (primary N) is 1. The molecule has 1 aliphatic heterocycles. The summed E-state index contributed by atoms with van der Waals surface area (Å²) in [6, 6.07) is 8.64. The molecule has 18 heavy (non-hydrogen) atoms. The minimum absolute atomic E-state index is 0.169. The highest BCUT2D eigenvalue weighted by Crippen LogP contribution is 2.29. The molecule has 100 valence electrons. The number of likely N-dealkylation sites (tertiary alicyclic amines) is 1. The lowest BCUT2D eigenvalue weighted by Crippen LogP contribution is -2.39. The van der Waals surface area contributed by atoms with Crippen LogP contribution in [0.3, 0.4) is 0 Å². The summed E-state index contributed by atoms with van der Waals surface area (Å²) < 4.78 is 0. The van der Waals surface area contributed by atoms with Gasteiger partial charge in [-0.3, -0.25) is 4.90 Å². The van der Waals surface area contributed by atoms with Crippen LogP contribution in [0, 0.1) is 6.92 Å².